The molecule has 0 aromatic heterocycles. The van der Waals surface area contributed by atoms with Gasteiger partial charge < -0.3 is 15.0 Å². The van der Waals surface area contributed by atoms with Crippen molar-refractivity contribution in [3.05, 3.63) is 63.2 Å². The number of nitro groups is 1. The summed E-state index contributed by atoms with van der Waals surface area (Å²) in [6.07, 6.45) is -4.13. The summed E-state index contributed by atoms with van der Waals surface area (Å²) in [4.78, 5) is 27.3. The lowest BCUT2D eigenvalue weighted by Crippen LogP contribution is -2.56. The Balaban J connectivity index is 1.76. The normalized spacial score (nSPS) is 14.6. The maximum atomic E-state index is 13.7. The lowest BCUT2D eigenvalue weighted by molar-refractivity contribution is -0.385. The fourth-order valence-corrected chi connectivity index (χ4v) is 3.77. The van der Waals surface area contributed by atoms with E-state index in [1.165, 1.54) is 24.3 Å². The summed E-state index contributed by atoms with van der Waals surface area (Å²) in [6, 6.07) is 7.54. The van der Waals surface area contributed by atoms with Crippen LogP contribution in [0.25, 0.3) is 0 Å². The quantitative estimate of drug-likeness (QED) is 0.215. The Morgan fingerprint density at radius 2 is 1.97 bits per heavy atom. The van der Waals surface area contributed by atoms with E-state index in [1.807, 2.05) is 23.9 Å². The Hall–Kier alpha value is -2.89. The van der Waals surface area contributed by atoms with E-state index in [4.69, 9.17) is 16.3 Å². The molecular formula is C23H26ClF3N4O4. The molecule has 35 heavy (non-hydrogen) atoms. The molecule has 0 radical (unpaired) electrons. The van der Waals surface area contributed by atoms with E-state index in [1.54, 1.807) is 0 Å². The minimum absolute atomic E-state index is 0.0251. The number of ether oxygens (including phenoxy) is 1. The molecule has 0 saturated carbocycles. The largest absolute Gasteiger partial charge is 0.487 e. The van der Waals surface area contributed by atoms with Gasteiger partial charge in [-0.2, -0.15) is 13.2 Å². The van der Waals surface area contributed by atoms with Crippen LogP contribution in [0.3, 0.4) is 0 Å². The molecule has 2 aromatic carbocycles. The fourth-order valence-electron chi connectivity index (χ4n) is 3.66. The van der Waals surface area contributed by atoms with Gasteiger partial charge in [-0.1, -0.05) is 6.07 Å². The smallest absolute Gasteiger partial charge is 0.416 e. The second-order valence-electron chi connectivity index (χ2n) is 8.47. The molecule has 1 heterocycles. The molecule has 12 heteroatoms. The SMILES string of the molecule is CN(C)C1CN(Cc2ccc(NC(=O)c3ccc(OCCCCl)c([N+](=O)[O-])c3)cc2C(F)(F)F)C1. The van der Waals surface area contributed by atoms with Gasteiger partial charge in [-0.25, -0.2) is 0 Å². The number of hydrogen-bond acceptors (Lipinski definition) is 6. The number of rotatable bonds is 10. The molecule has 2 aromatic rings. The first kappa shape index (κ1) is 26.7. The van der Waals surface area contributed by atoms with E-state index in [9.17, 15) is 28.1 Å². The molecule has 190 valence electrons. The Bertz CT molecular complexity index is 1080. The highest BCUT2D eigenvalue weighted by molar-refractivity contribution is 6.17. The van der Waals surface area contributed by atoms with E-state index >= 15 is 0 Å². The van der Waals surface area contributed by atoms with Crippen LogP contribution in [0.2, 0.25) is 0 Å². The van der Waals surface area contributed by atoms with E-state index in [2.05, 4.69) is 5.32 Å². The Morgan fingerprint density at radius 3 is 2.57 bits per heavy atom. The molecule has 0 aliphatic carbocycles. The van der Waals surface area contributed by atoms with Gasteiger partial charge in [0.25, 0.3) is 5.91 Å². The summed E-state index contributed by atoms with van der Waals surface area (Å²) in [7, 11) is 3.86. The number of anilines is 1. The number of carbonyl (C=O) groups excluding carboxylic acids is 1. The molecule has 0 atom stereocenters. The highest BCUT2D eigenvalue weighted by Gasteiger charge is 2.36. The standard InChI is InChI=1S/C23H26ClF3N4O4/c1-29(2)18-13-30(14-18)12-16-4-6-17(11-19(16)23(25,26)27)28-22(32)15-5-7-21(35-9-3-8-24)20(10-15)31(33)34/h4-7,10-11,18H,3,8-9,12-14H2,1-2H3,(H,28,32). The zero-order chi connectivity index (χ0) is 25.8. The van der Waals surface area contributed by atoms with Crippen molar-refractivity contribution in [2.75, 3.05) is 45.0 Å². The number of hydrogen-bond donors (Lipinski definition) is 1. The zero-order valence-electron chi connectivity index (χ0n) is 19.3. The van der Waals surface area contributed by atoms with Gasteiger partial charge in [-0.05, 0) is 50.3 Å². The highest BCUT2D eigenvalue weighted by Crippen LogP contribution is 2.35. The van der Waals surface area contributed by atoms with Crippen molar-refractivity contribution in [2.24, 2.45) is 0 Å². The van der Waals surface area contributed by atoms with Crippen molar-refractivity contribution in [3.63, 3.8) is 0 Å². The van der Waals surface area contributed by atoms with Crippen molar-refractivity contribution < 1.29 is 27.6 Å². The number of alkyl halides is 4. The molecule has 0 unspecified atom stereocenters. The molecule has 0 bridgehead atoms. The number of carbonyl (C=O) groups is 1. The Labute approximate surface area is 205 Å². The Morgan fingerprint density at radius 1 is 1.26 bits per heavy atom. The fraction of sp³-hybridized carbons (Fsp3) is 0.435. The second kappa shape index (κ2) is 11.2. The van der Waals surface area contributed by atoms with E-state index in [-0.39, 0.29) is 35.7 Å². The first-order valence-corrected chi connectivity index (χ1v) is 11.4. The topological polar surface area (TPSA) is 88.0 Å². The van der Waals surface area contributed by atoms with Crippen molar-refractivity contribution in [3.8, 4) is 5.75 Å². The van der Waals surface area contributed by atoms with E-state index in [0.29, 0.717) is 31.4 Å². The van der Waals surface area contributed by atoms with Crippen LogP contribution in [0.1, 0.15) is 27.9 Å². The van der Waals surface area contributed by atoms with Crippen LogP contribution in [0, 0.1) is 10.1 Å². The lowest BCUT2D eigenvalue weighted by atomic mass is 10.0. The molecular weight excluding hydrogens is 489 g/mol. The lowest BCUT2D eigenvalue weighted by Gasteiger charge is -2.43. The summed E-state index contributed by atoms with van der Waals surface area (Å²) in [6.45, 7) is 1.65. The summed E-state index contributed by atoms with van der Waals surface area (Å²) in [5, 5.41) is 13.8. The predicted octanol–water partition coefficient (Wildman–Crippen LogP) is 4.62. The summed E-state index contributed by atoms with van der Waals surface area (Å²) in [5.41, 5.74) is -1.30. The van der Waals surface area contributed by atoms with Crippen LogP contribution < -0.4 is 10.1 Å². The van der Waals surface area contributed by atoms with Crippen LogP contribution >= 0.6 is 11.6 Å². The van der Waals surface area contributed by atoms with Crippen LogP contribution in [-0.2, 0) is 12.7 Å². The molecule has 1 aliphatic rings. The third kappa shape index (κ3) is 6.83. The maximum absolute atomic E-state index is 13.7. The molecule has 1 aliphatic heterocycles. The zero-order valence-corrected chi connectivity index (χ0v) is 20.0. The average molecular weight is 515 g/mol. The van der Waals surface area contributed by atoms with Gasteiger partial charge in [-0.3, -0.25) is 19.8 Å². The van der Waals surface area contributed by atoms with Gasteiger partial charge in [0.1, 0.15) is 0 Å². The number of nitro benzene ring substituents is 1. The minimum atomic E-state index is -4.61. The van der Waals surface area contributed by atoms with Crippen LogP contribution in [0.5, 0.6) is 5.75 Å². The first-order valence-electron chi connectivity index (χ1n) is 10.9. The van der Waals surface area contributed by atoms with Crippen molar-refractivity contribution in [1.29, 1.82) is 0 Å². The van der Waals surface area contributed by atoms with Crippen LogP contribution in [0.4, 0.5) is 24.5 Å². The predicted molar refractivity (Wildman–Crippen MR) is 126 cm³/mol. The molecule has 1 fully saturated rings. The average Bonchev–Trinajstić information content (AvgIpc) is 2.75. The molecule has 8 nitrogen and oxygen atoms in total. The van der Waals surface area contributed by atoms with Crippen LogP contribution in [-0.4, -0.2) is 66.3 Å². The van der Waals surface area contributed by atoms with Gasteiger partial charge in [-0.15, -0.1) is 11.6 Å². The van der Waals surface area contributed by atoms with Crippen molar-refractivity contribution >= 4 is 28.9 Å². The third-order valence-electron chi connectivity index (χ3n) is 5.69. The van der Waals surface area contributed by atoms with E-state index < -0.39 is 28.3 Å². The second-order valence-corrected chi connectivity index (χ2v) is 8.84. The Kier molecular flexibility index (Phi) is 8.57. The van der Waals surface area contributed by atoms with Crippen LogP contribution in [0.15, 0.2) is 36.4 Å². The highest BCUT2D eigenvalue weighted by atomic mass is 35.5. The van der Waals surface area contributed by atoms with Crippen molar-refractivity contribution in [2.45, 2.75) is 25.2 Å². The van der Waals surface area contributed by atoms with Gasteiger partial charge in [0.2, 0.25) is 0 Å². The summed E-state index contributed by atoms with van der Waals surface area (Å²) < 4.78 is 46.6. The number of likely N-dealkylation sites (N-methyl/N-ethyl adjacent to an activating group) is 1. The molecule has 1 amide bonds. The number of likely N-dealkylation sites (tertiary alicyclic amines) is 1. The third-order valence-corrected chi connectivity index (χ3v) is 5.96. The van der Waals surface area contributed by atoms with Gasteiger partial charge >= 0.3 is 11.9 Å². The van der Waals surface area contributed by atoms with Gasteiger partial charge in [0, 0.05) is 48.9 Å². The number of nitrogens with zero attached hydrogens (tertiary/aromatic N) is 3. The number of nitrogens with one attached hydrogen (secondary N) is 1. The molecule has 0 spiro atoms. The monoisotopic (exact) mass is 514 g/mol. The summed E-state index contributed by atoms with van der Waals surface area (Å²) >= 11 is 5.57. The van der Waals surface area contributed by atoms with Gasteiger partial charge in [0.05, 0.1) is 17.1 Å². The maximum Gasteiger partial charge on any atom is 0.416 e. The summed E-state index contributed by atoms with van der Waals surface area (Å²) in [5.74, 6) is -0.484. The number of halogens is 4. The van der Waals surface area contributed by atoms with Crippen molar-refractivity contribution in [1.82, 2.24) is 9.80 Å². The molecule has 1 N–H and O–H groups in total. The first-order chi connectivity index (χ1) is 16.5. The minimum Gasteiger partial charge on any atom is -0.487 e. The van der Waals surface area contributed by atoms with Gasteiger partial charge in [0.15, 0.2) is 5.75 Å². The number of benzene rings is 2. The molecule has 1 saturated heterocycles. The van der Waals surface area contributed by atoms with E-state index in [0.717, 1.165) is 12.1 Å². The number of amides is 1. The molecule has 3 rings (SSSR count).